The lowest BCUT2D eigenvalue weighted by molar-refractivity contribution is 0.209. The Hall–Kier alpha value is -1.43. The van der Waals surface area contributed by atoms with Gasteiger partial charge in [-0.2, -0.15) is 0 Å². The highest BCUT2D eigenvalue weighted by molar-refractivity contribution is 9.10. The molecular weight excluding hydrogens is 330 g/mol. The van der Waals surface area contributed by atoms with E-state index in [2.05, 4.69) is 45.3 Å². The average molecular weight is 350 g/mol. The molecule has 0 spiro atoms. The number of nitrogens with two attached hydrogens (primary N) is 1. The molecule has 0 radical (unpaired) electrons. The number of nitrogen functional groups attached to an aromatic ring is 1. The first-order valence-corrected chi connectivity index (χ1v) is 8.17. The second kappa shape index (κ2) is 5.75. The topological polar surface area (TPSA) is 69.6 Å². The van der Waals surface area contributed by atoms with Crippen molar-refractivity contribution in [1.29, 1.82) is 0 Å². The van der Waals surface area contributed by atoms with Crippen molar-refractivity contribution < 1.29 is 0 Å². The molecule has 6 heteroatoms. The smallest absolute Gasteiger partial charge is 0.183 e. The minimum atomic E-state index is 0.363. The van der Waals surface area contributed by atoms with E-state index in [9.17, 15) is 0 Å². The van der Waals surface area contributed by atoms with Gasteiger partial charge < -0.3 is 5.73 Å². The molecule has 0 aliphatic heterocycles. The van der Waals surface area contributed by atoms with Gasteiger partial charge in [0.2, 0.25) is 0 Å². The fourth-order valence-corrected chi connectivity index (χ4v) is 3.86. The molecule has 2 N–H and O–H groups in total. The Labute approximate surface area is 133 Å². The van der Waals surface area contributed by atoms with Gasteiger partial charge in [-0.1, -0.05) is 29.8 Å². The van der Waals surface area contributed by atoms with Crippen LogP contribution in [-0.2, 0) is 0 Å². The number of benzene rings is 1. The van der Waals surface area contributed by atoms with Gasteiger partial charge in [0.1, 0.15) is 0 Å². The van der Waals surface area contributed by atoms with E-state index in [1.807, 2.05) is 22.9 Å². The largest absolute Gasteiger partial charge is 0.399 e. The summed E-state index contributed by atoms with van der Waals surface area (Å²) in [4.78, 5) is 0. The van der Waals surface area contributed by atoms with E-state index in [0.717, 1.165) is 28.7 Å². The van der Waals surface area contributed by atoms with Crippen LogP contribution in [-0.4, -0.2) is 20.2 Å². The second-order valence-corrected chi connectivity index (χ2v) is 7.11. The molecule has 3 rings (SSSR count). The normalized spacial score (nSPS) is 26.0. The maximum absolute atomic E-state index is 5.91. The molecule has 0 amide bonds. The predicted molar refractivity (Wildman–Crippen MR) is 86.6 cm³/mol. The Bertz CT molecular complexity index is 629. The first-order valence-electron chi connectivity index (χ1n) is 7.38. The predicted octanol–water partition coefficient (Wildman–Crippen LogP) is 3.68. The van der Waals surface area contributed by atoms with Gasteiger partial charge in [-0.05, 0) is 59.7 Å². The van der Waals surface area contributed by atoms with Crippen LogP contribution in [0, 0.1) is 11.8 Å². The molecule has 2 aromatic rings. The lowest BCUT2D eigenvalue weighted by Crippen LogP contribution is -2.24. The van der Waals surface area contributed by atoms with E-state index in [-0.39, 0.29) is 0 Å². The van der Waals surface area contributed by atoms with Gasteiger partial charge in [-0.3, -0.25) is 0 Å². The number of hydrogen-bond donors (Lipinski definition) is 1. The zero-order chi connectivity index (χ0) is 15.0. The van der Waals surface area contributed by atoms with Crippen LogP contribution in [0.25, 0.3) is 11.4 Å². The number of rotatable bonds is 2. The fraction of sp³-hybridized carbons (Fsp3) is 0.533. The number of nitrogens with zero attached hydrogens (tertiary/aromatic N) is 4. The molecule has 1 aliphatic rings. The van der Waals surface area contributed by atoms with Gasteiger partial charge in [0.05, 0.1) is 6.04 Å². The van der Waals surface area contributed by atoms with Crippen LogP contribution in [0.4, 0.5) is 5.69 Å². The molecule has 112 valence electrons. The number of halogens is 1. The molecule has 0 saturated heterocycles. The van der Waals surface area contributed by atoms with Crippen molar-refractivity contribution in [1.82, 2.24) is 20.2 Å². The quantitative estimate of drug-likeness (QED) is 0.839. The summed E-state index contributed by atoms with van der Waals surface area (Å²) in [6.07, 6.45) is 3.54. The Morgan fingerprint density at radius 3 is 2.62 bits per heavy atom. The van der Waals surface area contributed by atoms with Gasteiger partial charge in [0.15, 0.2) is 5.82 Å². The Kier molecular flexibility index (Phi) is 3.97. The van der Waals surface area contributed by atoms with Gasteiger partial charge >= 0.3 is 0 Å². The number of aromatic nitrogens is 4. The van der Waals surface area contributed by atoms with Crippen molar-refractivity contribution in [2.45, 2.75) is 39.2 Å². The Morgan fingerprint density at radius 2 is 1.90 bits per heavy atom. The van der Waals surface area contributed by atoms with Gasteiger partial charge in [0, 0.05) is 15.7 Å². The van der Waals surface area contributed by atoms with E-state index in [4.69, 9.17) is 5.73 Å². The molecule has 2 unspecified atom stereocenters. The third kappa shape index (κ3) is 2.95. The monoisotopic (exact) mass is 349 g/mol. The highest BCUT2D eigenvalue weighted by atomic mass is 79.9. The minimum Gasteiger partial charge on any atom is -0.399 e. The van der Waals surface area contributed by atoms with Crippen LogP contribution in [0.5, 0.6) is 0 Å². The summed E-state index contributed by atoms with van der Waals surface area (Å²) in [5.41, 5.74) is 7.57. The lowest BCUT2D eigenvalue weighted by Gasteiger charge is -2.31. The summed E-state index contributed by atoms with van der Waals surface area (Å²) < 4.78 is 2.94. The molecule has 1 heterocycles. The second-order valence-electron chi connectivity index (χ2n) is 6.26. The fourth-order valence-electron chi connectivity index (χ4n) is 3.44. The summed E-state index contributed by atoms with van der Waals surface area (Å²) in [5, 5.41) is 12.4. The SMILES string of the molecule is CC1CC(C)CC(n2nnnc2-c2cc(N)ccc2Br)C1. The summed E-state index contributed by atoms with van der Waals surface area (Å²) in [5.74, 6) is 2.21. The maximum Gasteiger partial charge on any atom is 0.183 e. The molecule has 1 aromatic carbocycles. The van der Waals surface area contributed by atoms with Crippen LogP contribution >= 0.6 is 15.9 Å². The third-order valence-electron chi connectivity index (χ3n) is 4.22. The number of anilines is 1. The van der Waals surface area contributed by atoms with Gasteiger partial charge in [0.25, 0.3) is 0 Å². The van der Waals surface area contributed by atoms with E-state index in [1.165, 1.54) is 6.42 Å². The van der Waals surface area contributed by atoms with Crippen LogP contribution in [0.15, 0.2) is 22.7 Å². The van der Waals surface area contributed by atoms with Crippen LogP contribution in [0.2, 0.25) is 0 Å². The summed E-state index contributed by atoms with van der Waals surface area (Å²) in [6, 6.07) is 6.09. The molecule has 1 aliphatic carbocycles. The number of tetrazole rings is 1. The molecule has 1 aromatic heterocycles. The van der Waals surface area contributed by atoms with E-state index >= 15 is 0 Å². The molecule has 5 nitrogen and oxygen atoms in total. The summed E-state index contributed by atoms with van der Waals surface area (Å²) in [7, 11) is 0. The zero-order valence-corrected chi connectivity index (χ0v) is 13.9. The Morgan fingerprint density at radius 1 is 1.19 bits per heavy atom. The molecule has 1 saturated carbocycles. The van der Waals surface area contributed by atoms with Crippen molar-refractivity contribution in [3.63, 3.8) is 0 Å². The lowest BCUT2D eigenvalue weighted by atomic mass is 9.80. The van der Waals surface area contributed by atoms with Crippen molar-refractivity contribution in [2.24, 2.45) is 11.8 Å². The summed E-state index contributed by atoms with van der Waals surface area (Å²) in [6.45, 7) is 4.62. The molecule has 2 atom stereocenters. The third-order valence-corrected chi connectivity index (χ3v) is 4.92. The maximum atomic E-state index is 5.91. The highest BCUT2D eigenvalue weighted by Gasteiger charge is 2.28. The van der Waals surface area contributed by atoms with Gasteiger partial charge in [-0.25, -0.2) is 4.68 Å². The molecular formula is C15H20BrN5. The first-order chi connectivity index (χ1) is 10.0. The molecule has 0 bridgehead atoms. The molecule has 21 heavy (non-hydrogen) atoms. The van der Waals surface area contributed by atoms with Gasteiger partial charge in [-0.15, -0.1) is 5.10 Å². The highest BCUT2D eigenvalue weighted by Crippen LogP contribution is 2.38. The zero-order valence-electron chi connectivity index (χ0n) is 12.3. The minimum absolute atomic E-state index is 0.363. The van der Waals surface area contributed by atoms with E-state index < -0.39 is 0 Å². The van der Waals surface area contributed by atoms with Crippen LogP contribution in [0.3, 0.4) is 0 Å². The average Bonchev–Trinajstić information content (AvgIpc) is 2.89. The van der Waals surface area contributed by atoms with Crippen molar-refractivity contribution in [2.75, 3.05) is 5.73 Å². The van der Waals surface area contributed by atoms with Crippen molar-refractivity contribution >= 4 is 21.6 Å². The van der Waals surface area contributed by atoms with Crippen LogP contribution < -0.4 is 5.73 Å². The Balaban J connectivity index is 1.99. The first kappa shape index (κ1) is 14.5. The van der Waals surface area contributed by atoms with E-state index in [0.29, 0.717) is 23.6 Å². The van der Waals surface area contributed by atoms with Crippen molar-refractivity contribution in [3.05, 3.63) is 22.7 Å². The van der Waals surface area contributed by atoms with Crippen molar-refractivity contribution in [3.8, 4) is 11.4 Å². The summed E-state index contributed by atoms with van der Waals surface area (Å²) >= 11 is 3.57. The van der Waals surface area contributed by atoms with Crippen LogP contribution in [0.1, 0.15) is 39.2 Å². The number of hydrogen-bond acceptors (Lipinski definition) is 4. The van der Waals surface area contributed by atoms with E-state index in [1.54, 1.807) is 0 Å². The standard InChI is InChI=1S/C15H20BrN5/c1-9-5-10(2)7-12(6-9)21-15(18-19-20-21)13-8-11(17)3-4-14(13)16/h3-4,8-10,12H,5-7,17H2,1-2H3. The molecule has 1 fully saturated rings.